The summed E-state index contributed by atoms with van der Waals surface area (Å²) in [5, 5.41) is 4.13. The molecular weight excluding hydrogens is 272 g/mol. The number of hydrogen-bond acceptors (Lipinski definition) is 5. The van der Waals surface area contributed by atoms with Gasteiger partial charge in [-0.1, -0.05) is 0 Å². The number of nitrogen functional groups attached to an aromatic ring is 1. The highest BCUT2D eigenvalue weighted by Gasteiger charge is 2.03. The molecule has 2 aromatic heterocycles. The molecule has 0 amide bonds. The van der Waals surface area contributed by atoms with Gasteiger partial charge in [-0.3, -0.25) is 4.68 Å². The van der Waals surface area contributed by atoms with Crippen LogP contribution in [0.2, 0.25) is 0 Å². The van der Waals surface area contributed by atoms with Gasteiger partial charge in [-0.05, 0) is 22.9 Å². The first kappa shape index (κ1) is 11.0. The van der Waals surface area contributed by atoms with Gasteiger partial charge >= 0.3 is 0 Å². The van der Waals surface area contributed by atoms with Crippen molar-refractivity contribution < 1.29 is 0 Å². The van der Waals surface area contributed by atoms with Gasteiger partial charge in [0.2, 0.25) is 0 Å². The molecule has 0 fully saturated rings. The Balaban J connectivity index is 2.24. The van der Waals surface area contributed by atoms with Crippen LogP contribution in [0.25, 0.3) is 0 Å². The zero-order valence-electron chi connectivity index (χ0n) is 8.68. The molecule has 2 heterocycles. The minimum atomic E-state index is 0.516. The minimum absolute atomic E-state index is 0.516. The molecule has 84 valence electrons. The Morgan fingerprint density at radius 1 is 1.50 bits per heavy atom. The summed E-state index contributed by atoms with van der Waals surface area (Å²) in [5.41, 5.74) is 3.37. The standard InChI is InChI=1S/C9H11BrN6/c1-6-2-8(15-11)14-9(13-6)5-16-4-7(10)3-12-16/h2-4H,5,11H2,1H3,(H,13,14,15). The predicted octanol–water partition coefficient (Wildman–Crippen LogP) is 1.08. The molecule has 0 spiro atoms. The molecule has 2 rings (SSSR count). The van der Waals surface area contributed by atoms with Crippen LogP contribution in [-0.4, -0.2) is 19.7 Å². The third-order valence-electron chi connectivity index (χ3n) is 1.95. The van der Waals surface area contributed by atoms with Crippen LogP contribution in [-0.2, 0) is 6.54 Å². The Kier molecular flexibility index (Phi) is 3.16. The van der Waals surface area contributed by atoms with Gasteiger partial charge in [-0.25, -0.2) is 15.8 Å². The average Bonchev–Trinajstić information content (AvgIpc) is 2.63. The Morgan fingerprint density at radius 2 is 2.31 bits per heavy atom. The Bertz CT molecular complexity index is 494. The molecule has 16 heavy (non-hydrogen) atoms. The average molecular weight is 283 g/mol. The highest BCUT2D eigenvalue weighted by molar-refractivity contribution is 9.10. The van der Waals surface area contributed by atoms with E-state index in [9.17, 15) is 0 Å². The molecule has 7 heteroatoms. The van der Waals surface area contributed by atoms with Crippen LogP contribution in [0.5, 0.6) is 0 Å². The predicted molar refractivity (Wildman–Crippen MR) is 63.6 cm³/mol. The van der Waals surface area contributed by atoms with Crippen molar-refractivity contribution in [2.75, 3.05) is 5.43 Å². The maximum atomic E-state index is 5.31. The number of nitrogens with one attached hydrogen (secondary N) is 1. The van der Waals surface area contributed by atoms with Crippen molar-refractivity contribution in [2.45, 2.75) is 13.5 Å². The van der Waals surface area contributed by atoms with Crippen LogP contribution >= 0.6 is 15.9 Å². The van der Waals surface area contributed by atoms with E-state index in [0.29, 0.717) is 18.2 Å². The van der Waals surface area contributed by atoms with E-state index in [4.69, 9.17) is 5.84 Å². The van der Waals surface area contributed by atoms with E-state index in [0.717, 1.165) is 10.2 Å². The molecule has 0 atom stereocenters. The van der Waals surface area contributed by atoms with Crippen molar-refractivity contribution in [3.05, 3.63) is 34.5 Å². The molecule has 0 radical (unpaired) electrons. The summed E-state index contributed by atoms with van der Waals surface area (Å²) in [5.74, 6) is 6.59. The van der Waals surface area contributed by atoms with Crippen LogP contribution in [0.4, 0.5) is 5.82 Å². The van der Waals surface area contributed by atoms with E-state index in [1.807, 2.05) is 13.1 Å². The van der Waals surface area contributed by atoms with E-state index < -0.39 is 0 Å². The zero-order valence-corrected chi connectivity index (χ0v) is 10.3. The van der Waals surface area contributed by atoms with Crippen LogP contribution in [0.15, 0.2) is 22.9 Å². The molecule has 0 aliphatic carbocycles. The smallest absolute Gasteiger partial charge is 0.152 e. The summed E-state index contributed by atoms with van der Waals surface area (Å²) in [4.78, 5) is 8.54. The van der Waals surface area contributed by atoms with E-state index in [1.165, 1.54) is 0 Å². The van der Waals surface area contributed by atoms with E-state index >= 15 is 0 Å². The number of rotatable bonds is 3. The van der Waals surface area contributed by atoms with Crippen molar-refractivity contribution >= 4 is 21.7 Å². The lowest BCUT2D eigenvalue weighted by Crippen LogP contribution is -2.12. The molecular formula is C9H11BrN6. The summed E-state index contributed by atoms with van der Waals surface area (Å²) < 4.78 is 2.68. The van der Waals surface area contributed by atoms with Crippen molar-refractivity contribution in [2.24, 2.45) is 5.84 Å². The van der Waals surface area contributed by atoms with Crippen LogP contribution in [0.1, 0.15) is 11.5 Å². The highest BCUT2D eigenvalue weighted by Crippen LogP contribution is 2.09. The molecule has 0 aliphatic heterocycles. The van der Waals surface area contributed by atoms with Crippen molar-refractivity contribution in [3.8, 4) is 0 Å². The molecule has 0 saturated heterocycles. The van der Waals surface area contributed by atoms with Gasteiger partial charge < -0.3 is 5.43 Å². The van der Waals surface area contributed by atoms with Gasteiger partial charge in [0, 0.05) is 18.0 Å². The van der Waals surface area contributed by atoms with Crippen LogP contribution < -0.4 is 11.3 Å². The molecule has 0 saturated carbocycles. The second-order valence-electron chi connectivity index (χ2n) is 3.31. The topological polar surface area (TPSA) is 81.6 Å². The molecule has 0 bridgehead atoms. The lowest BCUT2D eigenvalue weighted by molar-refractivity contribution is 0.653. The van der Waals surface area contributed by atoms with Gasteiger partial charge in [0.15, 0.2) is 5.82 Å². The van der Waals surface area contributed by atoms with Gasteiger partial charge in [-0.2, -0.15) is 5.10 Å². The highest BCUT2D eigenvalue weighted by atomic mass is 79.9. The number of nitrogens with two attached hydrogens (primary N) is 1. The SMILES string of the molecule is Cc1cc(NN)nc(Cn2cc(Br)cn2)n1. The first-order valence-electron chi connectivity index (χ1n) is 4.66. The first-order valence-corrected chi connectivity index (χ1v) is 5.46. The second kappa shape index (κ2) is 4.58. The van der Waals surface area contributed by atoms with Crippen LogP contribution in [0.3, 0.4) is 0 Å². The third-order valence-corrected chi connectivity index (χ3v) is 2.36. The molecule has 6 nitrogen and oxygen atoms in total. The fraction of sp³-hybridized carbons (Fsp3) is 0.222. The summed E-state index contributed by atoms with van der Waals surface area (Å²) in [7, 11) is 0. The number of hydrogen-bond donors (Lipinski definition) is 2. The molecule has 0 aliphatic rings. The summed E-state index contributed by atoms with van der Waals surface area (Å²) in [6, 6.07) is 1.78. The molecule has 0 aromatic carbocycles. The fourth-order valence-corrected chi connectivity index (χ4v) is 1.67. The largest absolute Gasteiger partial charge is 0.308 e. The summed E-state index contributed by atoms with van der Waals surface area (Å²) >= 11 is 3.33. The van der Waals surface area contributed by atoms with E-state index in [2.05, 4.69) is 36.4 Å². The normalized spacial score (nSPS) is 10.4. The van der Waals surface area contributed by atoms with E-state index in [-0.39, 0.29) is 0 Å². The van der Waals surface area contributed by atoms with Crippen LogP contribution in [0, 0.1) is 6.92 Å². The Labute approximate surface area is 101 Å². The number of halogens is 1. The van der Waals surface area contributed by atoms with Gasteiger partial charge in [0.1, 0.15) is 12.4 Å². The van der Waals surface area contributed by atoms with Gasteiger partial charge in [-0.15, -0.1) is 0 Å². The number of hydrazine groups is 1. The van der Waals surface area contributed by atoms with Crippen molar-refractivity contribution in [1.29, 1.82) is 0 Å². The lowest BCUT2D eigenvalue weighted by Gasteiger charge is -2.05. The molecule has 2 aromatic rings. The second-order valence-corrected chi connectivity index (χ2v) is 4.23. The number of anilines is 1. The molecule has 3 N–H and O–H groups in total. The van der Waals surface area contributed by atoms with Crippen molar-refractivity contribution in [3.63, 3.8) is 0 Å². The molecule has 0 unspecified atom stereocenters. The first-order chi connectivity index (χ1) is 7.67. The van der Waals surface area contributed by atoms with Gasteiger partial charge in [0.05, 0.1) is 10.7 Å². The zero-order chi connectivity index (χ0) is 11.5. The Hall–Kier alpha value is -1.47. The number of aromatic nitrogens is 4. The van der Waals surface area contributed by atoms with E-state index in [1.54, 1.807) is 16.9 Å². The monoisotopic (exact) mass is 282 g/mol. The third kappa shape index (κ3) is 2.56. The fourth-order valence-electron chi connectivity index (χ4n) is 1.34. The minimum Gasteiger partial charge on any atom is -0.308 e. The maximum Gasteiger partial charge on any atom is 0.152 e. The van der Waals surface area contributed by atoms with Crippen molar-refractivity contribution in [1.82, 2.24) is 19.7 Å². The lowest BCUT2D eigenvalue weighted by atomic mass is 10.4. The summed E-state index contributed by atoms with van der Waals surface area (Å²) in [6.07, 6.45) is 3.58. The Morgan fingerprint density at radius 3 is 2.94 bits per heavy atom. The summed E-state index contributed by atoms with van der Waals surface area (Å²) in [6.45, 7) is 2.41. The maximum absolute atomic E-state index is 5.31. The number of aryl methyl sites for hydroxylation is 1. The quantitative estimate of drug-likeness (QED) is 0.650. The van der Waals surface area contributed by atoms with Gasteiger partial charge in [0.25, 0.3) is 0 Å². The number of nitrogens with zero attached hydrogens (tertiary/aromatic N) is 4.